The number of nitrogens with one attached hydrogen (secondary N) is 1. The molecule has 0 saturated carbocycles. The molecule has 8 heteroatoms. The zero-order valence-corrected chi connectivity index (χ0v) is 18.6. The van der Waals surface area contributed by atoms with Crippen molar-refractivity contribution in [3.8, 4) is 0 Å². The van der Waals surface area contributed by atoms with Crippen LogP contribution in [0.5, 0.6) is 0 Å². The smallest absolute Gasteiger partial charge is 0.348 e. The first-order valence-electron chi connectivity index (χ1n) is 9.68. The largest absolute Gasteiger partial charge is 0.462 e. The van der Waals surface area contributed by atoms with Gasteiger partial charge in [0.05, 0.1) is 18.3 Å². The van der Waals surface area contributed by atoms with E-state index in [0.29, 0.717) is 26.3 Å². The summed E-state index contributed by atoms with van der Waals surface area (Å²) in [7, 11) is 0. The molecule has 3 aromatic rings. The molecule has 158 valence electrons. The SMILES string of the molecule is CCOC(=O)c1sc2ncn(CC(=O)Nc3ccccc3C(C)(C)C)c(=O)c2c1C. The van der Waals surface area contributed by atoms with Crippen LogP contribution in [-0.2, 0) is 21.5 Å². The maximum atomic E-state index is 13.0. The molecule has 2 heterocycles. The highest BCUT2D eigenvalue weighted by Gasteiger charge is 2.22. The van der Waals surface area contributed by atoms with Crippen molar-refractivity contribution >= 4 is 39.1 Å². The van der Waals surface area contributed by atoms with E-state index in [9.17, 15) is 14.4 Å². The molecule has 1 N–H and O–H groups in total. The maximum absolute atomic E-state index is 13.0. The predicted octanol–water partition coefficient (Wildman–Crippen LogP) is 3.88. The summed E-state index contributed by atoms with van der Waals surface area (Å²) in [5.74, 6) is -0.797. The van der Waals surface area contributed by atoms with E-state index < -0.39 is 5.97 Å². The van der Waals surface area contributed by atoms with Crippen molar-refractivity contribution in [3.63, 3.8) is 0 Å². The lowest BCUT2D eigenvalue weighted by molar-refractivity contribution is -0.116. The van der Waals surface area contributed by atoms with Gasteiger partial charge in [-0.1, -0.05) is 39.0 Å². The number of anilines is 1. The molecule has 0 aliphatic rings. The van der Waals surface area contributed by atoms with Crippen LogP contribution in [0, 0.1) is 6.92 Å². The molecular weight excluding hydrogens is 402 g/mol. The Labute approximate surface area is 178 Å². The Bertz CT molecular complexity index is 1170. The number of para-hydroxylation sites is 1. The van der Waals surface area contributed by atoms with E-state index in [1.807, 2.05) is 24.3 Å². The first-order chi connectivity index (χ1) is 14.1. The van der Waals surface area contributed by atoms with Crippen LogP contribution >= 0.6 is 11.3 Å². The van der Waals surface area contributed by atoms with Crippen molar-refractivity contribution in [2.45, 2.75) is 46.6 Å². The molecule has 0 fully saturated rings. The average Bonchev–Trinajstić information content (AvgIpc) is 3.01. The second kappa shape index (κ2) is 8.39. The Morgan fingerprint density at radius 2 is 1.93 bits per heavy atom. The van der Waals surface area contributed by atoms with E-state index in [-0.39, 0.29) is 30.0 Å². The summed E-state index contributed by atoms with van der Waals surface area (Å²) in [6.45, 7) is 9.70. The van der Waals surface area contributed by atoms with E-state index in [1.54, 1.807) is 13.8 Å². The van der Waals surface area contributed by atoms with Crippen LogP contribution in [-0.4, -0.2) is 28.0 Å². The van der Waals surface area contributed by atoms with Gasteiger partial charge in [-0.2, -0.15) is 0 Å². The Balaban J connectivity index is 1.89. The van der Waals surface area contributed by atoms with Gasteiger partial charge >= 0.3 is 5.97 Å². The fraction of sp³-hybridized carbons (Fsp3) is 0.364. The van der Waals surface area contributed by atoms with Gasteiger partial charge in [0, 0.05) is 5.69 Å². The number of ether oxygens (including phenoxy) is 1. The van der Waals surface area contributed by atoms with E-state index >= 15 is 0 Å². The molecule has 1 aromatic carbocycles. The highest BCUT2D eigenvalue weighted by atomic mass is 32.1. The fourth-order valence-electron chi connectivity index (χ4n) is 3.25. The van der Waals surface area contributed by atoms with Gasteiger partial charge in [0.1, 0.15) is 16.3 Å². The van der Waals surface area contributed by atoms with Crippen molar-refractivity contribution in [3.05, 3.63) is 57.0 Å². The molecule has 0 saturated heterocycles. The van der Waals surface area contributed by atoms with Crippen LogP contribution in [0.4, 0.5) is 5.69 Å². The molecule has 0 aliphatic carbocycles. The van der Waals surface area contributed by atoms with Crippen LogP contribution in [0.15, 0.2) is 35.4 Å². The minimum absolute atomic E-state index is 0.140. The maximum Gasteiger partial charge on any atom is 0.348 e. The number of hydrogen-bond donors (Lipinski definition) is 1. The second-order valence-electron chi connectivity index (χ2n) is 7.98. The van der Waals surface area contributed by atoms with Gasteiger partial charge in [-0.3, -0.25) is 14.2 Å². The Morgan fingerprint density at radius 3 is 2.60 bits per heavy atom. The number of hydrogen-bond acceptors (Lipinski definition) is 6. The zero-order valence-electron chi connectivity index (χ0n) is 17.7. The first kappa shape index (κ1) is 21.7. The van der Waals surface area contributed by atoms with Gasteiger partial charge in [0.2, 0.25) is 5.91 Å². The molecule has 0 spiro atoms. The van der Waals surface area contributed by atoms with Crippen LogP contribution in [0.3, 0.4) is 0 Å². The zero-order chi connectivity index (χ0) is 22.1. The van der Waals surface area contributed by atoms with Crippen LogP contribution in [0.1, 0.15) is 48.5 Å². The number of carbonyl (C=O) groups is 2. The van der Waals surface area contributed by atoms with Crippen molar-refractivity contribution in [2.75, 3.05) is 11.9 Å². The predicted molar refractivity (Wildman–Crippen MR) is 118 cm³/mol. The van der Waals surface area contributed by atoms with Crippen molar-refractivity contribution in [1.29, 1.82) is 0 Å². The monoisotopic (exact) mass is 427 g/mol. The third-order valence-electron chi connectivity index (χ3n) is 4.70. The molecule has 2 aromatic heterocycles. The molecule has 0 aliphatic heterocycles. The highest BCUT2D eigenvalue weighted by molar-refractivity contribution is 7.20. The lowest BCUT2D eigenvalue weighted by Gasteiger charge is -2.23. The third kappa shape index (κ3) is 4.28. The van der Waals surface area contributed by atoms with E-state index in [0.717, 1.165) is 16.9 Å². The molecule has 30 heavy (non-hydrogen) atoms. The number of amides is 1. The molecular formula is C22H25N3O4S. The molecule has 1 amide bonds. The summed E-state index contributed by atoms with van der Waals surface area (Å²) in [6, 6.07) is 7.60. The lowest BCUT2D eigenvalue weighted by atomic mass is 9.86. The van der Waals surface area contributed by atoms with Gasteiger partial charge in [0.25, 0.3) is 5.56 Å². The number of thiophene rings is 1. The van der Waals surface area contributed by atoms with Crippen LogP contribution in [0.2, 0.25) is 0 Å². The summed E-state index contributed by atoms with van der Waals surface area (Å²) in [5.41, 5.74) is 1.75. The number of aromatic nitrogens is 2. The number of nitrogens with zero attached hydrogens (tertiary/aromatic N) is 2. The van der Waals surface area contributed by atoms with Gasteiger partial charge < -0.3 is 10.1 Å². The molecule has 0 bridgehead atoms. The quantitative estimate of drug-likeness (QED) is 0.624. The number of benzene rings is 1. The van der Waals surface area contributed by atoms with Crippen molar-refractivity contribution in [1.82, 2.24) is 9.55 Å². The van der Waals surface area contributed by atoms with Crippen LogP contribution < -0.4 is 10.9 Å². The van der Waals surface area contributed by atoms with Gasteiger partial charge in [-0.25, -0.2) is 9.78 Å². The van der Waals surface area contributed by atoms with E-state index in [2.05, 4.69) is 31.1 Å². The normalized spacial score (nSPS) is 11.5. The summed E-state index contributed by atoms with van der Waals surface area (Å²) < 4.78 is 6.30. The topological polar surface area (TPSA) is 90.3 Å². The molecule has 3 rings (SSSR count). The van der Waals surface area contributed by atoms with Crippen molar-refractivity contribution < 1.29 is 14.3 Å². The van der Waals surface area contributed by atoms with Gasteiger partial charge in [-0.05, 0) is 36.5 Å². The Morgan fingerprint density at radius 1 is 1.23 bits per heavy atom. The first-order valence-corrected chi connectivity index (χ1v) is 10.5. The average molecular weight is 428 g/mol. The summed E-state index contributed by atoms with van der Waals surface area (Å²) in [6.07, 6.45) is 1.34. The minimum Gasteiger partial charge on any atom is -0.462 e. The number of aryl methyl sites for hydroxylation is 1. The standard InChI is InChI=1S/C22H25N3O4S/c1-6-29-21(28)18-13(2)17-19(30-18)23-12-25(20(17)27)11-16(26)24-15-10-8-7-9-14(15)22(3,4)5/h7-10,12H,6,11H2,1-5H3,(H,24,26). The highest BCUT2D eigenvalue weighted by Crippen LogP contribution is 2.29. The molecule has 0 atom stereocenters. The fourth-order valence-corrected chi connectivity index (χ4v) is 4.29. The molecule has 0 radical (unpaired) electrons. The van der Waals surface area contributed by atoms with Crippen molar-refractivity contribution in [2.24, 2.45) is 0 Å². The number of rotatable bonds is 5. The summed E-state index contributed by atoms with van der Waals surface area (Å²) in [4.78, 5) is 42.8. The van der Waals surface area contributed by atoms with E-state index in [1.165, 1.54) is 10.9 Å². The third-order valence-corrected chi connectivity index (χ3v) is 5.88. The second-order valence-corrected chi connectivity index (χ2v) is 8.98. The molecule has 0 unspecified atom stereocenters. The number of esters is 1. The minimum atomic E-state index is -0.472. The summed E-state index contributed by atoms with van der Waals surface area (Å²) in [5, 5.41) is 3.24. The van der Waals surface area contributed by atoms with Gasteiger partial charge in [-0.15, -0.1) is 11.3 Å². The Hall–Kier alpha value is -3.00. The number of fused-ring (bicyclic) bond motifs is 1. The van der Waals surface area contributed by atoms with E-state index in [4.69, 9.17) is 4.74 Å². The number of carbonyl (C=O) groups excluding carboxylic acids is 2. The summed E-state index contributed by atoms with van der Waals surface area (Å²) >= 11 is 1.12. The molecule has 7 nitrogen and oxygen atoms in total. The van der Waals surface area contributed by atoms with Gasteiger partial charge in [0.15, 0.2) is 0 Å². The van der Waals surface area contributed by atoms with Crippen LogP contribution in [0.25, 0.3) is 10.2 Å². The Kier molecular flexibility index (Phi) is 6.07. The lowest BCUT2D eigenvalue weighted by Crippen LogP contribution is -2.28.